The van der Waals surface area contributed by atoms with Gasteiger partial charge in [0, 0.05) is 12.5 Å². The predicted octanol–water partition coefficient (Wildman–Crippen LogP) is 4.11. The molecule has 1 atom stereocenters. The Balaban J connectivity index is 2.99. The fraction of sp³-hybridized carbons (Fsp3) is 0.533. The van der Waals surface area contributed by atoms with Gasteiger partial charge in [-0.3, -0.25) is 4.79 Å². The third-order valence-electron chi connectivity index (χ3n) is 3.94. The van der Waals surface area contributed by atoms with E-state index in [2.05, 4.69) is 4.74 Å². The average Bonchev–Trinajstić information content (AvgIpc) is 2.45. The van der Waals surface area contributed by atoms with E-state index in [1.807, 2.05) is 13.8 Å². The summed E-state index contributed by atoms with van der Waals surface area (Å²) < 4.78 is 44.7. The molecule has 0 bridgehead atoms. The lowest BCUT2D eigenvalue weighted by atomic mass is 9.36. The van der Waals surface area contributed by atoms with Gasteiger partial charge in [0.25, 0.3) is 0 Å². The van der Waals surface area contributed by atoms with Gasteiger partial charge in [-0.2, -0.15) is 0 Å². The van der Waals surface area contributed by atoms with Crippen LogP contribution in [0.5, 0.6) is 0 Å². The highest BCUT2D eigenvalue weighted by atomic mass is 19.2. The molecule has 0 amide bonds. The topological polar surface area (TPSA) is 26.3 Å². The molecule has 0 saturated heterocycles. The van der Waals surface area contributed by atoms with Crippen molar-refractivity contribution in [2.45, 2.75) is 45.1 Å². The fourth-order valence-electron chi connectivity index (χ4n) is 2.66. The number of benzene rings is 1. The summed E-state index contributed by atoms with van der Waals surface area (Å²) >= 11 is 0. The zero-order valence-corrected chi connectivity index (χ0v) is 12.6. The second kappa shape index (κ2) is 8.10. The van der Waals surface area contributed by atoms with Crippen LogP contribution >= 0.6 is 0 Å². The van der Waals surface area contributed by atoms with E-state index in [1.54, 1.807) is 0 Å². The van der Waals surface area contributed by atoms with Gasteiger partial charge in [0.1, 0.15) is 12.5 Å². The van der Waals surface area contributed by atoms with Gasteiger partial charge in [0.05, 0.1) is 7.11 Å². The minimum Gasteiger partial charge on any atom is -0.469 e. The molecular formula is C15H20BF3O2. The van der Waals surface area contributed by atoms with Crippen molar-refractivity contribution in [1.82, 2.24) is 0 Å². The number of halogens is 3. The van der Waals surface area contributed by atoms with Crippen LogP contribution in [-0.2, 0) is 16.0 Å². The molecule has 0 spiro atoms. The van der Waals surface area contributed by atoms with Crippen LogP contribution in [0.25, 0.3) is 0 Å². The zero-order valence-electron chi connectivity index (χ0n) is 12.6. The first kappa shape index (κ1) is 17.6. The maximum Gasteiger partial charge on any atom is 0.305 e. The second-order valence-electron chi connectivity index (χ2n) is 5.18. The summed E-state index contributed by atoms with van der Waals surface area (Å²) in [6, 6.07) is 1.42. The van der Waals surface area contributed by atoms with Crippen molar-refractivity contribution >= 4 is 12.7 Å². The van der Waals surface area contributed by atoms with E-state index in [0.29, 0.717) is 6.07 Å². The molecule has 21 heavy (non-hydrogen) atoms. The summed E-state index contributed by atoms with van der Waals surface area (Å²) in [6.45, 7) is 4.16. The molecule has 0 heterocycles. The lowest BCUT2D eigenvalue weighted by Crippen LogP contribution is -2.24. The Labute approximate surface area is 123 Å². The molecule has 1 aromatic rings. The Morgan fingerprint density at radius 3 is 2.24 bits per heavy atom. The predicted molar refractivity (Wildman–Crippen MR) is 77.1 cm³/mol. The van der Waals surface area contributed by atoms with Crippen LogP contribution in [0.3, 0.4) is 0 Å². The molecule has 0 aromatic heterocycles. The maximum absolute atomic E-state index is 13.8. The molecule has 0 aliphatic carbocycles. The number of carbonyl (C=O) groups excluding carboxylic acids is 1. The van der Waals surface area contributed by atoms with Crippen LogP contribution in [0.1, 0.15) is 25.8 Å². The lowest BCUT2D eigenvalue weighted by Gasteiger charge is -2.22. The van der Waals surface area contributed by atoms with Gasteiger partial charge in [-0.05, 0) is 23.9 Å². The van der Waals surface area contributed by atoms with Crippen molar-refractivity contribution in [3.63, 3.8) is 0 Å². The van der Waals surface area contributed by atoms with Gasteiger partial charge in [-0.15, -0.1) is 0 Å². The molecule has 0 unspecified atom stereocenters. The summed E-state index contributed by atoms with van der Waals surface area (Å²) in [7, 11) is 1.30. The third-order valence-corrected chi connectivity index (χ3v) is 3.94. The highest BCUT2D eigenvalue weighted by Gasteiger charge is 2.26. The molecular weight excluding hydrogens is 280 g/mol. The van der Waals surface area contributed by atoms with Gasteiger partial charge in [-0.25, -0.2) is 13.2 Å². The summed E-state index contributed by atoms with van der Waals surface area (Å²) in [5.74, 6) is -3.60. The standard InChI is InChI=1S/C15H20BF3O2/c1-4-16(5-2)11(8-15(20)21-3)6-10-7-13(18)14(19)9-12(10)17/h7,9,11H,4-6,8H2,1-3H3/t11-/m1/s1. The molecule has 116 valence electrons. The molecule has 0 aliphatic heterocycles. The minimum absolute atomic E-state index is 0.0923. The Morgan fingerprint density at radius 2 is 1.71 bits per heavy atom. The number of ether oxygens (including phenoxy) is 1. The van der Waals surface area contributed by atoms with Crippen molar-refractivity contribution in [3.05, 3.63) is 35.1 Å². The van der Waals surface area contributed by atoms with E-state index in [4.69, 9.17) is 0 Å². The molecule has 1 rings (SSSR count). The fourth-order valence-corrected chi connectivity index (χ4v) is 2.66. The van der Waals surface area contributed by atoms with Crippen LogP contribution in [-0.4, -0.2) is 19.8 Å². The normalized spacial score (nSPS) is 12.1. The number of esters is 1. The number of hydrogen-bond donors (Lipinski definition) is 0. The molecule has 1 aromatic carbocycles. The van der Waals surface area contributed by atoms with Gasteiger partial charge in [0.15, 0.2) is 11.6 Å². The largest absolute Gasteiger partial charge is 0.469 e. The van der Waals surface area contributed by atoms with Crippen LogP contribution in [0, 0.1) is 17.5 Å². The number of hydrogen-bond acceptors (Lipinski definition) is 2. The first-order valence-corrected chi connectivity index (χ1v) is 7.13. The molecule has 0 fully saturated rings. The monoisotopic (exact) mass is 300 g/mol. The van der Waals surface area contributed by atoms with Crippen molar-refractivity contribution < 1.29 is 22.7 Å². The SMILES string of the molecule is CCB(CC)[C@@H](CC(=O)OC)Cc1cc(F)c(F)cc1F. The zero-order chi connectivity index (χ0) is 16.0. The highest BCUT2D eigenvalue weighted by Crippen LogP contribution is 2.28. The number of rotatable bonds is 7. The number of carbonyl (C=O) groups is 1. The van der Waals surface area contributed by atoms with Gasteiger partial charge >= 0.3 is 5.97 Å². The van der Waals surface area contributed by atoms with Crippen LogP contribution < -0.4 is 0 Å². The van der Waals surface area contributed by atoms with E-state index >= 15 is 0 Å². The van der Waals surface area contributed by atoms with E-state index < -0.39 is 17.5 Å². The Kier molecular flexibility index (Phi) is 6.79. The molecule has 6 heteroatoms. The average molecular weight is 300 g/mol. The van der Waals surface area contributed by atoms with E-state index in [-0.39, 0.29) is 36.9 Å². The van der Waals surface area contributed by atoms with Crippen LogP contribution in [0.2, 0.25) is 18.5 Å². The van der Waals surface area contributed by atoms with Crippen molar-refractivity contribution in [3.8, 4) is 0 Å². The summed E-state index contributed by atoms with van der Waals surface area (Å²) in [5.41, 5.74) is 0.0923. The highest BCUT2D eigenvalue weighted by molar-refractivity contribution is 6.60. The van der Waals surface area contributed by atoms with Crippen LogP contribution in [0.15, 0.2) is 12.1 Å². The number of methoxy groups -OCH3 is 1. The van der Waals surface area contributed by atoms with E-state index in [9.17, 15) is 18.0 Å². The molecule has 0 aliphatic rings. The smallest absolute Gasteiger partial charge is 0.305 e. The minimum atomic E-state index is -1.21. The van der Waals surface area contributed by atoms with E-state index in [0.717, 1.165) is 18.7 Å². The molecule has 0 saturated carbocycles. The van der Waals surface area contributed by atoms with Crippen LogP contribution in [0.4, 0.5) is 13.2 Å². The Hall–Kier alpha value is -1.46. The Bertz CT molecular complexity index is 490. The van der Waals surface area contributed by atoms with Crippen molar-refractivity contribution in [1.29, 1.82) is 0 Å². The summed E-state index contributed by atoms with van der Waals surface area (Å²) in [5, 5.41) is 0. The van der Waals surface area contributed by atoms with Gasteiger partial charge in [0.2, 0.25) is 0 Å². The van der Waals surface area contributed by atoms with E-state index in [1.165, 1.54) is 7.11 Å². The molecule has 2 nitrogen and oxygen atoms in total. The van der Waals surface area contributed by atoms with Gasteiger partial charge in [-0.1, -0.05) is 26.5 Å². The third kappa shape index (κ3) is 4.79. The second-order valence-corrected chi connectivity index (χ2v) is 5.18. The molecule has 0 N–H and O–H groups in total. The summed E-state index contributed by atoms with van der Waals surface area (Å²) in [4.78, 5) is 11.5. The molecule has 0 radical (unpaired) electrons. The first-order valence-electron chi connectivity index (χ1n) is 7.13. The lowest BCUT2D eigenvalue weighted by molar-refractivity contribution is -0.140. The quantitative estimate of drug-likeness (QED) is 0.430. The maximum atomic E-state index is 13.8. The van der Waals surface area contributed by atoms with Crippen molar-refractivity contribution in [2.75, 3.05) is 7.11 Å². The van der Waals surface area contributed by atoms with Crippen molar-refractivity contribution in [2.24, 2.45) is 0 Å². The first-order chi connectivity index (χ1) is 9.92. The van der Waals surface area contributed by atoms with Gasteiger partial charge < -0.3 is 4.74 Å². The Morgan fingerprint density at radius 1 is 1.14 bits per heavy atom. The summed E-state index contributed by atoms with van der Waals surface area (Å²) in [6.07, 6.45) is 1.97.